The van der Waals surface area contributed by atoms with Crippen molar-refractivity contribution >= 4 is 15.9 Å². The smallest absolute Gasteiger partial charge is 0.126 e. The van der Waals surface area contributed by atoms with Crippen molar-refractivity contribution in [2.24, 2.45) is 5.73 Å². The summed E-state index contributed by atoms with van der Waals surface area (Å²) in [6.07, 6.45) is 0.518. The fraction of sp³-hybridized carbons (Fsp3) is 0.143. The van der Waals surface area contributed by atoms with E-state index in [1.807, 2.05) is 24.3 Å². The number of rotatable bonds is 3. The number of nitrogens with two attached hydrogens (primary N) is 1. The lowest BCUT2D eigenvalue weighted by molar-refractivity contribution is 0.572. The molecule has 2 aromatic rings. The van der Waals surface area contributed by atoms with Gasteiger partial charge in [-0.25, -0.2) is 8.78 Å². The van der Waals surface area contributed by atoms with E-state index in [1.165, 1.54) is 12.1 Å². The van der Waals surface area contributed by atoms with E-state index in [2.05, 4.69) is 15.9 Å². The van der Waals surface area contributed by atoms with Crippen LogP contribution in [-0.4, -0.2) is 0 Å². The molecule has 18 heavy (non-hydrogen) atoms. The van der Waals surface area contributed by atoms with Crippen molar-refractivity contribution in [3.63, 3.8) is 0 Å². The molecule has 2 N–H and O–H groups in total. The third kappa shape index (κ3) is 3.15. The van der Waals surface area contributed by atoms with Crippen LogP contribution >= 0.6 is 15.9 Å². The van der Waals surface area contributed by atoms with Crippen molar-refractivity contribution in [2.75, 3.05) is 0 Å². The van der Waals surface area contributed by atoms with Gasteiger partial charge in [-0.15, -0.1) is 0 Å². The number of benzene rings is 2. The lowest BCUT2D eigenvalue weighted by Gasteiger charge is -2.13. The Labute approximate surface area is 113 Å². The van der Waals surface area contributed by atoms with Crippen LogP contribution in [0.2, 0.25) is 0 Å². The molecule has 0 aliphatic carbocycles. The molecule has 2 rings (SSSR count). The predicted octanol–water partition coefficient (Wildman–Crippen LogP) is 3.97. The lowest BCUT2D eigenvalue weighted by atomic mass is 9.99. The zero-order chi connectivity index (χ0) is 13.1. The Morgan fingerprint density at radius 2 is 1.67 bits per heavy atom. The first-order chi connectivity index (χ1) is 8.56. The van der Waals surface area contributed by atoms with E-state index >= 15 is 0 Å². The van der Waals surface area contributed by atoms with Gasteiger partial charge >= 0.3 is 0 Å². The first-order valence-corrected chi connectivity index (χ1v) is 6.30. The van der Waals surface area contributed by atoms with Crippen LogP contribution in [0.25, 0.3) is 0 Å². The number of hydrogen-bond acceptors (Lipinski definition) is 1. The standard InChI is InChI=1S/C14H12BrF2N/c15-13-4-2-1-3-9(13)7-14(18)10-5-11(16)8-12(17)6-10/h1-6,8,14H,7,18H2. The Bertz CT molecular complexity index is 537. The topological polar surface area (TPSA) is 26.0 Å². The first-order valence-electron chi connectivity index (χ1n) is 5.51. The fourth-order valence-corrected chi connectivity index (χ4v) is 2.25. The van der Waals surface area contributed by atoms with Gasteiger partial charge in [0, 0.05) is 16.6 Å². The number of halogens is 3. The van der Waals surface area contributed by atoms with Crippen LogP contribution in [0.15, 0.2) is 46.9 Å². The summed E-state index contributed by atoms with van der Waals surface area (Å²) in [5, 5.41) is 0. The van der Waals surface area contributed by atoms with E-state index in [1.54, 1.807) is 0 Å². The van der Waals surface area contributed by atoms with Crippen LogP contribution < -0.4 is 5.73 Å². The molecule has 2 aromatic carbocycles. The second-order valence-electron chi connectivity index (χ2n) is 4.10. The minimum absolute atomic E-state index is 0.436. The summed E-state index contributed by atoms with van der Waals surface area (Å²) in [4.78, 5) is 0. The van der Waals surface area contributed by atoms with Gasteiger partial charge in [-0.05, 0) is 35.7 Å². The van der Waals surface area contributed by atoms with Gasteiger partial charge in [-0.1, -0.05) is 34.1 Å². The third-order valence-electron chi connectivity index (χ3n) is 2.71. The molecular weight excluding hydrogens is 300 g/mol. The molecule has 1 atom stereocenters. The Kier molecular flexibility index (Phi) is 4.09. The molecule has 0 spiro atoms. The zero-order valence-electron chi connectivity index (χ0n) is 9.54. The van der Waals surface area contributed by atoms with Crippen LogP contribution in [0.4, 0.5) is 8.78 Å². The summed E-state index contributed by atoms with van der Waals surface area (Å²) in [6.45, 7) is 0. The Morgan fingerprint density at radius 1 is 1.06 bits per heavy atom. The van der Waals surface area contributed by atoms with Gasteiger partial charge in [-0.3, -0.25) is 0 Å². The summed E-state index contributed by atoms with van der Waals surface area (Å²) in [7, 11) is 0. The summed E-state index contributed by atoms with van der Waals surface area (Å²) >= 11 is 3.42. The first kappa shape index (κ1) is 13.2. The Morgan fingerprint density at radius 3 is 2.28 bits per heavy atom. The fourth-order valence-electron chi connectivity index (χ4n) is 1.81. The molecule has 0 heterocycles. The molecule has 0 aliphatic rings. The Balaban J connectivity index is 2.22. The predicted molar refractivity (Wildman–Crippen MR) is 71.1 cm³/mol. The maximum atomic E-state index is 13.1. The van der Waals surface area contributed by atoms with Crippen molar-refractivity contribution in [2.45, 2.75) is 12.5 Å². The van der Waals surface area contributed by atoms with E-state index in [-0.39, 0.29) is 0 Å². The van der Waals surface area contributed by atoms with Crippen molar-refractivity contribution in [3.05, 3.63) is 69.7 Å². The van der Waals surface area contributed by atoms with E-state index in [9.17, 15) is 8.78 Å². The van der Waals surface area contributed by atoms with E-state index in [0.29, 0.717) is 12.0 Å². The summed E-state index contributed by atoms with van der Waals surface area (Å²) in [5.41, 5.74) is 7.45. The molecule has 0 fully saturated rings. The average Bonchev–Trinajstić information content (AvgIpc) is 2.31. The highest BCUT2D eigenvalue weighted by Crippen LogP contribution is 2.23. The van der Waals surface area contributed by atoms with Gasteiger partial charge in [0.25, 0.3) is 0 Å². The number of hydrogen-bond donors (Lipinski definition) is 1. The average molecular weight is 312 g/mol. The van der Waals surface area contributed by atoms with Gasteiger partial charge in [0.2, 0.25) is 0 Å². The maximum absolute atomic E-state index is 13.1. The van der Waals surface area contributed by atoms with E-state index in [0.717, 1.165) is 16.1 Å². The normalized spacial score (nSPS) is 12.4. The second-order valence-corrected chi connectivity index (χ2v) is 4.96. The second kappa shape index (κ2) is 5.59. The highest BCUT2D eigenvalue weighted by molar-refractivity contribution is 9.10. The molecule has 4 heteroatoms. The van der Waals surface area contributed by atoms with Crippen molar-refractivity contribution in [3.8, 4) is 0 Å². The van der Waals surface area contributed by atoms with Crippen LogP contribution in [0.1, 0.15) is 17.2 Å². The molecular formula is C14H12BrF2N. The highest BCUT2D eigenvalue weighted by atomic mass is 79.9. The molecule has 0 bridgehead atoms. The quantitative estimate of drug-likeness (QED) is 0.912. The summed E-state index contributed by atoms with van der Waals surface area (Å²) in [5.74, 6) is -1.21. The van der Waals surface area contributed by atoms with E-state index < -0.39 is 17.7 Å². The van der Waals surface area contributed by atoms with Crippen molar-refractivity contribution in [1.29, 1.82) is 0 Å². The molecule has 0 aromatic heterocycles. The molecule has 94 valence electrons. The van der Waals surface area contributed by atoms with Crippen LogP contribution in [0, 0.1) is 11.6 Å². The Hall–Kier alpha value is -1.26. The minimum atomic E-state index is -0.604. The minimum Gasteiger partial charge on any atom is -0.324 e. The molecule has 0 saturated carbocycles. The van der Waals surface area contributed by atoms with Crippen molar-refractivity contribution in [1.82, 2.24) is 0 Å². The van der Waals surface area contributed by atoms with Gasteiger partial charge < -0.3 is 5.73 Å². The third-order valence-corrected chi connectivity index (χ3v) is 3.48. The maximum Gasteiger partial charge on any atom is 0.126 e. The summed E-state index contributed by atoms with van der Waals surface area (Å²) < 4.78 is 27.1. The molecule has 1 unspecified atom stereocenters. The molecule has 0 saturated heterocycles. The van der Waals surface area contributed by atoms with Gasteiger partial charge in [0.1, 0.15) is 11.6 Å². The largest absolute Gasteiger partial charge is 0.324 e. The summed E-state index contributed by atoms with van der Waals surface area (Å²) in [6, 6.07) is 10.6. The molecule has 0 radical (unpaired) electrons. The lowest BCUT2D eigenvalue weighted by Crippen LogP contribution is -2.14. The van der Waals surface area contributed by atoms with Crippen LogP contribution in [0.3, 0.4) is 0 Å². The van der Waals surface area contributed by atoms with E-state index in [4.69, 9.17) is 5.73 Å². The highest BCUT2D eigenvalue weighted by Gasteiger charge is 2.11. The monoisotopic (exact) mass is 311 g/mol. The zero-order valence-corrected chi connectivity index (χ0v) is 11.1. The van der Waals surface area contributed by atoms with Crippen molar-refractivity contribution < 1.29 is 8.78 Å². The molecule has 0 aliphatic heterocycles. The van der Waals surface area contributed by atoms with Crippen LogP contribution in [0.5, 0.6) is 0 Å². The van der Waals surface area contributed by atoms with Gasteiger partial charge in [0.05, 0.1) is 0 Å². The molecule has 0 amide bonds. The molecule has 1 nitrogen and oxygen atoms in total. The van der Waals surface area contributed by atoms with Crippen LogP contribution in [-0.2, 0) is 6.42 Å². The SMILES string of the molecule is NC(Cc1ccccc1Br)c1cc(F)cc(F)c1. The van der Waals surface area contributed by atoms with Gasteiger partial charge in [-0.2, -0.15) is 0 Å². The van der Waals surface area contributed by atoms with Gasteiger partial charge in [0.15, 0.2) is 0 Å².